The SMILES string of the molecule is C=CC[C@H](N)c1ccc2c(c1)c1ccccc1n2CC.Cl. The molecule has 3 aromatic rings. The fraction of sp³-hybridized carbons (Fsp3) is 0.222. The maximum atomic E-state index is 6.20. The lowest BCUT2D eigenvalue weighted by Crippen LogP contribution is -2.08. The Labute approximate surface area is 131 Å². The molecular formula is C18H21ClN2. The number of hydrogen-bond donors (Lipinski definition) is 1. The van der Waals surface area contributed by atoms with Gasteiger partial charge in [-0.2, -0.15) is 0 Å². The third kappa shape index (κ3) is 2.57. The van der Waals surface area contributed by atoms with Crippen LogP contribution in [0.1, 0.15) is 24.9 Å². The lowest BCUT2D eigenvalue weighted by atomic mass is 10.0. The molecule has 3 rings (SSSR count). The van der Waals surface area contributed by atoms with Crippen LogP contribution in [0.5, 0.6) is 0 Å². The number of nitrogens with two attached hydrogens (primary N) is 1. The first-order valence-electron chi connectivity index (χ1n) is 7.13. The minimum atomic E-state index is 0. The number of benzene rings is 2. The molecule has 110 valence electrons. The van der Waals surface area contributed by atoms with E-state index in [-0.39, 0.29) is 18.4 Å². The molecule has 1 aromatic heterocycles. The Hall–Kier alpha value is -1.77. The van der Waals surface area contributed by atoms with Crippen LogP contribution in [0.4, 0.5) is 0 Å². The molecule has 1 heterocycles. The highest BCUT2D eigenvalue weighted by atomic mass is 35.5. The van der Waals surface area contributed by atoms with E-state index < -0.39 is 0 Å². The van der Waals surface area contributed by atoms with Crippen molar-refractivity contribution in [3.8, 4) is 0 Å². The number of rotatable bonds is 4. The zero-order valence-electron chi connectivity index (χ0n) is 12.3. The van der Waals surface area contributed by atoms with Gasteiger partial charge in [0.15, 0.2) is 0 Å². The Morgan fingerprint density at radius 1 is 1.14 bits per heavy atom. The Balaban J connectivity index is 0.00000161. The molecule has 0 radical (unpaired) electrons. The summed E-state index contributed by atoms with van der Waals surface area (Å²) >= 11 is 0. The molecule has 2 nitrogen and oxygen atoms in total. The Kier molecular flexibility index (Phi) is 4.71. The van der Waals surface area contributed by atoms with Crippen molar-refractivity contribution in [2.75, 3.05) is 0 Å². The first-order chi connectivity index (χ1) is 9.76. The van der Waals surface area contributed by atoms with Gasteiger partial charge in [-0.25, -0.2) is 0 Å². The van der Waals surface area contributed by atoms with Crippen molar-refractivity contribution in [3.63, 3.8) is 0 Å². The van der Waals surface area contributed by atoms with Gasteiger partial charge in [0.2, 0.25) is 0 Å². The van der Waals surface area contributed by atoms with E-state index in [1.54, 1.807) is 0 Å². The van der Waals surface area contributed by atoms with Crippen molar-refractivity contribution in [2.24, 2.45) is 5.73 Å². The van der Waals surface area contributed by atoms with Crippen LogP contribution in [0.25, 0.3) is 21.8 Å². The van der Waals surface area contributed by atoms with Gasteiger partial charge in [-0.3, -0.25) is 0 Å². The molecule has 0 spiro atoms. The van der Waals surface area contributed by atoms with Crippen molar-refractivity contribution < 1.29 is 0 Å². The minimum Gasteiger partial charge on any atom is -0.341 e. The number of para-hydroxylation sites is 1. The fourth-order valence-electron chi connectivity index (χ4n) is 2.96. The largest absolute Gasteiger partial charge is 0.341 e. The van der Waals surface area contributed by atoms with Crippen molar-refractivity contribution in [1.82, 2.24) is 4.57 Å². The van der Waals surface area contributed by atoms with Gasteiger partial charge in [-0.05, 0) is 37.1 Å². The van der Waals surface area contributed by atoms with Crippen LogP contribution in [0.15, 0.2) is 55.1 Å². The quantitative estimate of drug-likeness (QED) is 0.689. The third-order valence-corrected chi connectivity index (χ3v) is 3.96. The third-order valence-electron chi connectivity index (χ3n) is 3.96. The second-order valence-corrected chi connectivity index (χ2v) is 5.17. The van der Waals surface area contributed by atoms with Crippen LogP contribution in [-0.2, 0) is 6.54 Å². The van der Waals surface area contributed by atoms with Gasteiger partial charge in [0.1, 0.15) is 0 Å². The van der Waals surface area contributed by atoms with E-state index in [1.165, 1.54) is 27.4 Å². The number of fused-ring (bicyclic) bond motifs is 3. The average molecular weight is 301 g/mol. The summed E-state index contributed by atoms with van der Waals surface area (Å²) in [4.78, 5) is 0. The first kappa shape index (κ1) is 15.6. The van der Waals surface area contributed by atoms with Crippen LogP contribution in [-0.4, -0.2) is 4.57 Å². The zero-order chi connectivity index (χ0) is 14.1. The summed E-state index contributed by atoms with van der Waals surface area (Å²) in [6.07, 6.45) is 2.68. The summed E-state index contributed by atoms with van der Waals surface area (Å²) < 4.78 is 2.35. The van der Waals surface area contributed by atoms with Crippen molar-refractivity contribution in [2.45, 2.75) is 25.9 Å². The molecule has 2 aromatic carbocycles. The molecule has 0 aliphatic carbocycles. The smallest absolute Gasteiger partial charge is 0.0491 e. The average Bonchev–Trinajstić information content (AvgIpc) is 2.80. The lowest BCUT2D eigenvalue weighted by molar-refractivity contribution is 0.742. The van der Waals surface area contributed by atoms with E-state index in [4.69, 9.17) is 5.73 Å². The summed E-state index contributed by atoms with van der Waals surface area (Å²) in [5.74, 6) is 0. The lowest BCUT2D eigenvalue weighted by Gasteiger charge is -2.10. The van der Waals surface area contributed by atoms with Crippen LogP contribution in [0.2, 0.25) is 0 Å². The minimum absolute atomic E-state index is 0. The first-order valence-corrected chi connectivity index (χ1v) is 7.13. The zero-order valence-corrected chi connectivity index (χ0v) is 13.1. The molecule has 0 saturated heterocycles. The molecule has 3 heteroatoms. The summed E-state index contributed by atoms with van der Waals surface area (Å²) in [6.45, 7) is 6.93. The normalized spacial score (nSPS) is 12.3. The highest BCUT2D eigenvalue weighted by Gasteiger charge is 2.11. The van der Waals surface area contributed by atoms with E-state index in [9.17, 15) is 0 Å². The summed E-state index contributed by atoms with van der Waals surface area (Å²) in [5, 5.41) is 2.59. The van der Waals surface area contributed by atoms with Gasteiger partial charge in [0, 0.05) is 34.4 Å². The molecule has 0 aliphatic rings. The number of aromatic nitrogens is 1. The van der Waals surface area contributed by atoms with Gasteiger partial charge in [-0.15, -0.1) is 19.0 Å². The molecule has 21 heavy (non-hydrogen) atoms. The number of hydrogen-bond acceptors (Lipinski definition) is 1. The highest BCUT2D eigenvalue weighted by molar-refractivity contribution is 6.08. The predicted octanol–water partition coefficient (Wildman–Crippen LogP) is 4.81. The molecule has 0 unspecified atom stereocenters. The number of nitrogens with zero attached hydrogens (tertiary/aromatic N) is 1. The second-order valence-electron chi connectivity index (χ2n) is 5.17. The molecule has 0 aliphatic heterocycles. The second kappa shape index (κ2) is 6.33. The monoisotopic (exact) mass is 300 g/mol. The number of halogens is 1. The van der Waals surface area contributed by atoms with Gasteiger partial charge in [0.25, 0.3) is 0 Å². The summed E-state index contributed by atoms with van der Waals surface area (Å²) in [5.41, 5.74) is 9.95. The van der Waals surface area contributed by atoms with E-state index in [1.807, 2.05) is 6.08 Å². The van der Waals surface area contributed by atoms with Crippen molar-refractivity contribution >= 4 is 34.2 Å². The van der Waals surface area contributed by atoms with Gasteiger partial charge < -0.3 is 10.3 Å². The van der Waals surface area contributed by atoms with Crippen LogP contribution in [0, 0.1) is 0 Å². The standard InChI is InChI=1S/C18H20N2.ClH/c1-3-7-16(19)13-10-11-18-15(12-13)14-8-5-6-9-17(14)20(18)4-2;/h3,5-6,8-12,16H,1,4,7,19H2,2H3;1H/t16-;/m0./s1. The molecule has 1 atom stereocenters. The fourth-order valence-corrected chi connectivity index (χ4v) is 2.96. The molecule has 0 saturated carbocycles. The highest BCUT2D eigenvalue weighted by Crippen LogP contribution is 2.31. The van der Waals surface area contributed by atoms with E-state index in [0.29, 0.717) is 0 Å². The predicted molar refractivity (Wildman–Crippen MR) is 94.1 cm³/mol. The summed E-state index contributed by atoms with van der Waals surface area (Å²) in [6, 6.07) is 15.2. The molecule has 2 N–H and O–H groups in total. The molecular weight excluding hydrogens is 280 g/mol. The molecule has 0 bridgehead atoms. The maximum absolute atomic E-state index is 6.20. The molecule has 0 amide bonds. The van der Waals surface area contributed by atoms with E-state index >= 15 is 0 Å². The van der Waals surface area contributed by atoms with Gasteiger partial charge in [0.05, 0.1) is 0 Å². The van der Waals surface area contributed by atoms with E-state index in [2.05, 4.69) is 60.5 Å². The Bertz CT molecular complexity index is 773. The van der Waals surface area contributed by atoms with Crippen molar-refractivity contribution in [1.29, 1.82) is 0 Å². The topological polar surface area (TPSA) is 30.9 Å². The van der Waals surface area contributed by atoms with Gasteiger partial charge in [-0.1, -0.05) is 30.3 Å². The summed E-state index contributed by atoms with van der Waals surface area (Å²) in [7, 11) is 0. The Morgan fingerprint density at radius 2 is 1.86 bits per heavy atom. The molecule has 0 fully saturated rings. The van der Waals surface area contributed by atoms with Crippen LogP contribution < -0.4 is 5.73 Å². The van der Waals surface area contributed by atoms with Crippen LogP contribution in [0.3, 0.4) is 0 Å². The maximum Gasteiger partial charge on any atom is 0.0491 e. The Morgan fingerprint density at radius 3 is 2.57 bits per heavy atom. The van der Waals surface area contributed by atoms with Gasteiger partial charge >= 0.3 is 0 Å². The van der Waals surface area contributed by atoms with Crippen molar-refractivity contribution in [3.05, 3.63) is 60.7 Å². The van der Waals surface area contributed by atoms with E-state index in [0.717, 1.165) is 13.0 Å². The number of aryl methyl sites for hydroxylation is 1. The van der Waals surface area contributed by atoms with Crippen LogP contribution >= 0.6 is 12.4 Å².